The number of rotatable bonds is 6. The Labute approximate surface area is 179 Å². The van der Waals surface area contributed by atoms with E-state index in [9.17, 15) is 14.0 Å². The zero-order valence-electron chi connectivity index (χ0n) is 17.2. The number of halogens is 1. The minimum Gasteiger partial charge on any atom is -0.483 e. The average molecular weight is 420 g/mol. The zero-order chi connectivity index (χ0) is 22.0. The standard InChI is InChI=1S/C25H21FO5/c1-25(2)14-18-4-3-5-21(24(18)31-25)29-15-22(27)30-20-12-8-17(9-13-20)23(28)16-6-10-19(26)11-7-16/h3-13H,14-15H2,1-2H3. The van der Waals surface area contributed by atoms with E-state index in [0.29, 0.717) is 28.4 Å². The van der Waals surface area contributed by atoms with Gasteiger partial charge in [0.2, 0.25) is 0 Å². The van der Waals surface area contributed by atoms with Crippen LogP contribution in [0.1, 0.15) is 35.3 Å². The molecule has 4 rings (SSSR count). The van der Waals surface area contributed by atoms with E-state index in [4.69, 9.17) is 14.2 Å². The Kier molecular flexibility index (Phi) is 5.46. The maximum atomic E-state index is 13.0. The molecule has 0 N–H and O–H groups in total. The molecule has 31 heavy (non-hydrogen) atoms. The summed E-state index contributed by atoms with van der Waals surface area (Å²) in [5, 5.41) is 0. The highest BCUT2D eigenvalue weighted by Crippen LogP contribution is 2.41. The van der Waals surface area contributed by atoms with Gasteiger partial charge in [0.25, 0.3) is 0 Å². The molecule has 0 amide bonds. The highest BCUT2D eigenvalue weighted by molar-refractivity contribution is 6.09. The molecule has 0 spiro atoms. The predicted octanol–water partition coefficient (Wildman–Crippen LogP) is 4.75. The van der Waals surface area contributed by atoms with Crippen LogP contribution in [0.5, 0.6) is 17.2 Å². The predicted molar refractivity (Wildman–Crippen MR) is 112 cm³/mol. The quantitative estimate of drug-likeness (QED) is 0.327. The molecule has 1 aliphatic rings. The molecule has 1 aliphatic heterocycles. The van der Waals surface area contributed by atoms with Crippen molar-refractivity contribution in [1.82, 2.24) is 0 Å². The molecule has 0 fully saturated rings. The molecule has 0 aliphatic carbocycles. The number of ether oxygens (including phenoxy) is 3. The van der Waals surface area contributed by atoms with Crippen LogP contribution in [0.15, 0.2) is 66.7 Å². The summed E-state index contributed by atoms with van der Waals surface area (Å²) in [6, 6.07) is 17.1. The number of hydrogen-bond donors (Lipinski definition) is 0. The topological polar surface area (TPSA) is 61.8 Å². The van der Waals surface area contributed by atoms with Gasteiger partial charge in [-0.05, 0) is 68.4 Å². The highest BCUT2D eigenvalue weighted by atomic mass is 19.1. The Bertz CT molecular complexity index is 1120. The third-order valence-electron chi connectivity index (χ3n) is 4.86. The number of esters is 1. The van der Waals surface area contributed by atoms with Gasteiger partial charge in [0, 0.05) is 23.1 Å². The minimum absolute atomic E-state index is 0.248. The molecule has 0 unspecified atom stereocenters. The first kappa shape index (κ1) is 20.6. The molecular weight excluding hydrogens is 399 g/mol. The molecule has 0 bridgehead atoms. The van der Waals surface area contributed by atoms with Gasteiger partial charge >= 0.3 is 5.97 Å². The number of fused-ring (bicyclic) bond motifs is 1. The van der Waals surface area contributed by atoms with Crippen molar-refractivity contribution in [3.8, 4) is 17.2 Å². The molecule has 158 valence electrons. The van der Waals surface area contributed by atoms with Gasteiger partial charge in [0.15, 0.2) is 23.9 Å². The largest absolute Gasteiger partial charge is 0.483 e. The summed E-state index contributed by atoms with van der Waals surface area (Å²) >= 11 is 0. The molecule has 0 radical (unpaired) electrons. The molecule has 0 aromatic heterocycles. The van der Waals surface area contributed by atoms with E-state index in [-0.39, 0.29) is 18.0 Å². The fraction of sp³-hybridized carbons (Fsp3) is 0.200. The van der Waals surface area contributed by atoms with Crippen LogP contribution in [-0.2, 0) is 11.2 Å². The van der Waals surface area contributed by atoms with Crippen LogP contribution in [0.2, 0.25) is 0 Å². The molecule has 0 saturated carbocycles. The molecule has 1 heterocycles. The van der Waals surface area contributed by atoms with Crippen molar-refractivity contribution in [2.75, 3.05) is 6.61 Å². The monoisotopic (exact) mass is 420 g/mol. The van der Waals surface area contributed by atoms with Crippen molar-refractivity contribution >= 4 is 11.8 Å². The third-order valence-corrected chi connectivity index (χ3v) is 4.86. The van der Waals surface area contributed by atoms with Gasteiger partial charge in [-0.1, -0.05) is 12.1 Å². The smallest absolute Gasteiger partial charge is 0.349 e. The molecule has 5 nitrogen and oxygen atoms in total. The molecule has 3 aromatic carbocycles. The average Bonchev–Trinajstić information content (AvgIpc) is 3.07. The maximum Gasteiger partial charge on any atom is 0.349 e. The summed E-state index contributed by atoms with van der Waals surface area (Å²) < 4.78 is 29.9. The lowest BCUT2D eigenvalue weighted by Gasteiger charge is -2.18. The SMILES string of the molecule is CC1(C)Cc2cccc(OCC(=O)Oc3ccc(C(=O)c4ccc(F)cc4)cc3)c2O1. The number of ketones is 1. The van der Waals surface area contributed by atoms with Gasteiger partial charge in [0.1, 0.15) is 17.2 Å². The van der Waals surface area contributed by atoms with Crippen molar-refractivity contribution in [2.24, 2.45) is 0 Å². The fourth-order valence-corrected chi connectivity index (χ4v) is 3.44. The van der Waals surface area contributed by atoms with Gasteiger partial charge in [-0.3, -0.25) is 4.79 Å². The van der Waals surface area contributed by atoms with Crippen molar-refractivity contribution in [1.29, 1.82) is 0 Å². The van der Waals surface area contributed by atoms with E-state index in [1.807, 2.05) is 26.0 Å². The zero-order valence-corrected chi connectivity index (χ0v) is 17.2. The van der Waals surface area contributed by atoms with Crippen LogP contribution in [0.4, 0.5) is 4.39 Å². The summed E-state index contributed by atoms with van der Waals surface area (Å²) in [6.07, 6.45) is 0.771. The third kappa shape index (κ3) is 4.74. The second-order valence-electron chi connectivity index (χ2n) is 7.91. The van der Waals surface area contributed by atoms with E-state index >= 15 is 0 Å². The normalized spacial score (nSPS) is 13.8. The number of para-hydroxylation sites is 1. The van der Waals surface area contributed by atoms with Gasteiger partial charge in [-0.2, -0.15) is 0 Å². The van der Waals surface area contributed by atoms with Gasteiger partial charge in [-0.25, -0.2) is 9.18 Å². The Balaban J connectivity index is 1.35. The molecule has 0 saturated heterocycles. The lowest BCUT2D eigenvalue weighted by molar-refractivity contribution is -0.136. The lowest BCUT2D eigenvalue weighted by Crippen LogP contribution is -2.25. The summed E-state index contributed by atoms with van der Waals surface area (Å²) in [7, 11) is 0. The first-order valence-electron chi connectivity index (χ1n) is 9.85. The second-order valence-corrected chi connectivity index (χ2v) is 7.91. The van der Waals surface area contributed by atoms with E-state index in [1.165, 1.54) is 36.4 Å². The Morgan fingerprint density at radius 3 is 2.29 bits per heavy atom. The Morgan fingerprint density at radius 1 is 0.968 bits per heavy atom. The molecule has 6 heteroatoms. The summed E-state index contributed by atoms with van der Waals surface area (Å²) in [6.45, 7) is 3.71. The summed E-state index contributed by atoms with van der Waals surface area (Å²) in [4.78, 5) is 24.6. The summed E-state index contributed by atoms with van der Waals surface area (Å²) in [5.74, 6) is 0.218. The van der Waals surface area contributed by atoms with Gasteiger partial charge in [-0.15, -0.1) is 0 Å². The van der Waals surface area contributed by atoms with Crippen LogP contribution in [0.25, 0.3) is 0 Å². The fourth-order valence-electron chi connectivity index (χ4n) is 3.44. The van der Waals surface area contributed by atoms with Crippen LogP contribution < -0.4 is 14.2 Å². The maximum absolute atomic E-state index is 13.0. The van der Waals surface area contributed by atoms with Crippen LogP contribution >= 0.6 is 0 Å². The number of benzene rings is 3. The Morgan fingerprint density at radius 2 is 1.61 bits per heavy atom. The minimum atomic E-state index is -0.576. The molecule has 3 aromatic rings. The van der Waals surface area contributed by atoms with Crippen LogP contribution in [0.3, 0.4) is 0 Å². The lowest BCUT2D eigenvalue weighted by atomic mass is 10.0. The first-order valence-corrected chi connectivity index (χ1v) is 9.85. The van der Waals surface area contributed by atoms with E-state index in [0.717, 1.165) is 12.0 Å². The Hall–Kier alpha value is -3.67. The second kappa shape index (κ2) is 8.22. The number of hydrogen-bond acceptors (Lipinski definition) is 5. The van der Waals surface area contributed by atoms with Crippen LogP contribution in [0, 0.1) is 5.82 Å². The van der Waals surface area contributed by atoms with Crippen molar-refractivity contribution in [2.45, 2.75) is 25.9 Å². The van der Waals surface area contributed by atoms with Gasteiger partial charge < -0.3 is 14.2 Å². The highest BCUT2D eigenvalue weighted by Gasteiger charge is 2.32. The van der Waals surface area contributed by atoms with Crippen molar-refractivity contribution in [3.63, 3.8) is 0 Å². The molecular formula is C25H21FO5. The number of carbonyl (C=O) groups excluding carboxylic acids is 2. The van der Waals surface area contributed by atoms with Crippen LogP contribution in [-0.4, -0.2) is 24.0 Å². The number of carbonyl (C=O) groups is 2. The van der Waals surface area contributed by atoms with E-state index < -0.39 is 11.8 Å². The van der Waals surface area contributed by atoms with Crippen molar-refractivity contribution in [3.05, 3.63) is 89.2 Å². The molecule has 0 atom stereocenters. The summed E-state index contributed by atoms with van der Waals surface area (Å²) in [5.41, 5.74) is 1.51. The van der Waals surface area contributed by atoms with E-state index in [2.05, 4.69) is 0 Å². The van der Waals surface area contributed by atoms with Gasteiger partial charge in [0.05, 0.1) is 0 Å². The first-order chi connectivity index (χ1) is 14.8. The van der Waals surface area contributed by atoms with E-state index in [1.54, 1.807) is 18.2 Å². The van der Waals surface area contributed by atoms with Crippen molar-refractivity contribution < 1.29 is 28.2 Å².